The molecule has 5 heteroatoms. The number of carbonyl (C=O) groups is 1. The molecule has 24 heavy (non-hydrogen) atoms. The van der Waals surface area contributed by atoms with Gasteiger partial charge in [-0.25, -0.2) is 4.79 Å². The number of aliphatic hydroxyl groups is 1. The number of hydrogen-bond donors (Lipinski definition) is 2. The van der Waals surface area contributed by atoms with Crippen LogP contribution < -0.4 is 10.9 Å². The lowest BCUT2D eigenvalue weighted by Crippen LogP contribution is -2.35. The second-order valence-corrected chi connectivity index (χ2v) is 5.54. The van der Waals surface area contributed by atoms with Crippen molar-refractivity contribution in [1.82, 2.24) is 5.32 Å². The predicted octanol–water partition coefficient (Wildman–Crippen LogP) is 2.13. The van der Waals surface area contributed by atoms with Crippen molar-refractivity contribution in [1.29, 1.82) is 0 Å². The summed E-state index contributed by atoms with van der Waals surface area (Å²) >= 11 is 0. The van der Waals surface area contributed by atoms with Gasteiger partial charge in [-0.1, -0.05) is 48.5 Å². The summed E-state index contributed by atoms with van der Waals surface area (Å²) in [6.07, 6.45) is -0.308. The van der Waals surface area contributed by atoms with Crippen molar-refractivity contribution in [2.24, 2.45) is 0 Å². The van der Waals surface area contributed by atoms with Crippen molar-refractivity contribution >= 4 is 16.9 Å². The fourth-order valence-corrected chi connectivity index (χ4v) is 2.48. The molecule has 0 fully saturated rings. The van der Waals surface area contributed by atoms with Crippen molar-refractivity contribution in [2.45, 2.75) is 12.5 Å². The van der Waals surface area contributed by atoms with Crippen molar-refractivity contribution in [3.63, 3.8) is 0 Å². The van der Waals surface area contributed by atoms with Crippen LogP contribution in [0.2, 0.25) is 0 Å². The minimum atomic E-state index is -0.733. The Morgan fingerprint density at radius 1 is 1.08 bits per heavy atom. The van der Waals surface area contributed by atoms with E-state index in [0.717, 1.165) is 5.56 Å². The first-order chi connectivity index (χ1) is 11.6. The lowest BCUT2D eigenvalue weighted by Gasteiger charge is -2.12. The molecule has 5 nitrogen and oxygen atoms in total. The number of para-hydroxylation sites is 1. The summed E-state index contributed by atoms with van der Waals surface area (Å²) < 4.78 is 5.14. The van der Waals surface area contributed by atoms with E-state index in [1.54, 1.807) is 24.3 Å². The molecule has 0 aliphatic carbocycles. The molecule has 0 radical (unpaired) electrons. The van der Waals surface area contributed by atoms with Crippen LogP contribution in [0.4, 0.5) is 0 Å². The number of amides is 1. The minimum Gasteiger partial charge on any atom is -0.422 e. The molecule has 0 aliphatic heterocycles. The number of carbonyl (C=O) groups excluding carboxylic acids is 1. The summed E-state index contributed by atoms with van der Waals surface area (Å²) in [5.74, 6) is -0.554. The highest BCUT2D eigenvalue weighted by Gasteiger charge is 2.15. The van der Waals surface area contributed by atoms with Crippen LogP contribution in [0.5, 0.6) is 0 Å². The standard InChI is InChI=1S/C19H17NO4/c21-15(10-13-6-2-1-3-7-13)12-20-18(22)16-11-14-8-4-5-9-17(14)24-19(16)23/h1-9,11,15,21H,10,12H2,(H,20,22). The number of aliphatic hydroxyl groups excluding tert-OH is 1. The van der Waals surface area contributed by atoms with E-state index in [0.29, 0.717) is 17.4 Å². The van der Waals surface area contributed by atoms with Crippen molar-refractivity contribution in [2.75, 3.05) is 6.54 Å². The molecule has 1 unspecified atom stereocenters. The quantitative estimate of drug-likeness (QED) is 0.705. The van der Waals surface area contributed by atoms with E-state index in [2.05, 4.69) is 5.32 Å². The predicted molar refractivity (Wildman–Crippen MR) is 91.0 cm³/mol. The largest absolute Gasteiger partial charge is 0.422 e. The molecule has 1 amide bonds. The topological polar surface area (TPSA) is 79.5 Å². The molecule has 0 spiro atoms. The zero-order valence-corrected chi connectivity index (χ0v) is 12.9. The van der Waals surface area contributed by atoms with Crippen molar-refractivity contribution < 1.29 is 14.3 Å². The van der Waals surface area contributed by atoms with Gasteiger partial charge in [0.25, 0.3) is 5.91 Å². The molecule has 0 saturated carbocycles. The average molecular weight is 323 g/mol. The number of rotatable bonds is 5. The van der Waals surface area contributed by atoms with Crippen LogP contribution in [0.25, 0.3) is 11.0 Å². The maximum atomic E-state index is 12.2. The Labute approximate surface area is 138 Å². The fourth-order valence-electron chi connectivity index (χ4n) is 2.48. The summed E-state index contributed by atoms with van der Waals surface area (Å²) in [5, 5.41) is 13.3. The van der Waals surface area contributed by atoms with Crippen LogP contribution >= 0.6 is 0 Å². The normalized spacial score (nSPS) is 12.0. The third-order valence-corrected chi connectivity index (χ3v) is 3.70. The zero-order chi connectivity index (χ0) is 16.9. The Balaban J connectivity index is 1.67. The molecule has 0 bridgehead atoms. The minimum absolute atomic E-state index is 0.0556. The summed E-state index contributed by atoms with van der Waals surface area (Å²) in [6.45, 7) is 0.0556. The van der Waals surface area contributed by atoms with E-state index in [4.69, 9.17) is 4.42 Å². The Hall–Kier alpha value is -2.92. The molecule has 1 aromatic heterocycles. The van der Waals surface area contributed by atoms with E-state index >= 15 is 0 Å². The van der Waals surface area contributed by atoms with Crippen LogP contribution in [-0.4, -0.2) is 23.7 Å². The molecule has 3 rings (SSSR count). The summed E-state index contributed by atoms with van der Waals surface area (Å²) in [4.78, 5) is 24.1. The first-order valence-corrected chi connectivity index (χ1v) is 7.66. The maximum Gasteiger partial charge on any atom is 0.349 e. The van der Waals surface area contributed by atoms with Gasteiger partial charge in [-0.15, -0.1) is 0 Å². The van der Waals surface area contributed by atoms with Crippen LogP contribution in [0.3, 0.4) is 0 Å². The van der Waals surface area contributed by atoms with Gasteiger partial charge in [0.1, 0.15) is 11.1 Å². The van der Waals surface area contributed by atoms with Crippen molar-refractivity contribution in [3.05, 3.63) is 82.2 Å². The highest BCUT2D eigenvalue weighted by Crippen LogP contribution is 2.12. The first-order valence-electron chi connectivity index (χ1n) is 7.66. The molecule has 122 valence electrons. The monoisotopic (exact) mass is 323 g/mol. The lowest BCUT2D eigenvalue weighted by molar-refractivity contribution is 0.0912. The Morgan fingerprint density at radius 2 is 1.79 bits per heavy atom. The molecule has 1 heterocycles. The number of nitrogens with one attached hydrogen (secondary N) is 1. The SMILES string of the molecule is O=C(NCC(O)Cc1ccccc1)c1cc2ccccc2oc1=O. The van der Waals surface area contributed by atoms with Gasteiger partial charge in [0.05, 0.1) is 6.10 Å². The first kappa shape index (κ1) is 16.0. The van der Waals surface area contributed by atoms with E-state index in [1.165, 1.54) is 6.07 Å². The van der Waals surface area contributed by atoms with Gasteiger partial charge in [0.2, 0.25) is 0 Å². The Bertz CT molecular complexity index is 902. The van der Waals surface area contributed by atoms with Gasteiger partial charge >= 0.3 is 5.63 Å². The highest BCUT2D eigenvalue weighted by atomic mass is 16.4. The van der Waals surface area contributed by atoms with E-state index < -0.39 is 17.6 Å². The third kappa shape index (κ3) is 3.70. The lowest BCUT2D eigenvalue weighted by atomic mass is 10.1. The van der Waals surface area contributed by atoms with E-state index in [1.807, 2.05) is 30.3 Å². The molecule has 0 aliphatic rings. The van der Waals surface area contributed by atoms with Crippen LogP contribution in [0, 0.1) is 0 Å². The molecular weight excluding hydrogens is 306 g/mol. The van der Waals surface area contributed by atoms with E-state index in [-0.39, 0.29) is 12.1 Å². The van der Waals surface area contributed by atoms with Crippen LogP contribution in [0.15, 0.2) is 69.9 Å². The molecular formula is C19H17NO4. The molecule has 3 aromatic rings. The molecule has 1 atom stereocenters. The van der Waals surface area contributed by atoms with Gasteiger partial charge in [0.15, 0.2) is 0 Å². The summed E-state index contributed by atoms with van der Waals surface area (Å²) in [7, 11) is 0. The molecule has 2 N–H and O–H groups in total. The summed E-state index contributed by atoms with van der Waals surface area (Å²) in [5.41, 5.74) is 0.650. The van der Waals surface area contributed by atoms with Crippen LogP contribution in [0.1, 0.15) is 15.9 Å². The van der Waals surface area contributed by atoms with E-state index in [9.17, 15) is 14.7 Å². The fraction of sp³-hybridized carbons (Fsp3) is 0.158. The zero-order valence-electron chi connectivity index (χ0n) is 12.9. The number of hydrogen-bond acceptors (Lipinski definition) is 4. The molecule has 0 saturated heterocycles. The second-order valence-electron chi connectivity index (χ2n) is 5.54. The maximum absolute atomic E-state index is 12.2. The Morgan fingerprint density at radius 3 is 2.58 bits per heavy atom. The highest BCUT2D eigenvalue weighted by molar-refractivity contribution is 5.96. The number of fused-ring (bicyclic) bond motifs is 1. The van der Waals surface area contributed by atoms with Crippen LogP contribution in [-0.2, 0) is 6.42 Å². The number of benzene rings is 2. The van der Waals surface area contributed by atoms with Gasteiger partial charge in [-0.3, -0.25) is 4.79 Å². The smallest absolute Gasteiger partial charge is 0.349 e. The van der Waals surface area contributed by atoms with Gasteiger partial charge in [0, 0.05) is 18.4 Å². The van der Waals surface area contributed by atoms with Gasteiger partial charge < -0.3 is 14.8 Å². The average Bonchev–Trinajstić information content (AvgIpc) is 2.60. The van der Waals surface area contributed by atoms with Crippen molar-refractivity contribution in [3.8, 4) is 0 Å². The summed E-state index contributed by atoms with van der Waals surface area (Å²) in [6, 6.07) is 18.0. The third-order valence-electron chi connectivity index (χ3n) is 3.70. The van der Waals surface area contributed by atoms with Gasteiger partial charge in [-0.2, -0.15) is 0 Å². The molecule has 2 aromatic carbocycles. The Kier molecular flexibility index (Phi) is 4.72. The van der Waals surface area contributed by atoms with Gasteiger partial charge in [-0.05, 0) is 17.7 Å². The second kappa shape index (κ2) is 7.10.